The Labute approximate surface area is 144 Å². The highest BCUT2D eigenvalue weighted by Gasteiger charge is 2.37. The van der Waals surface area contributed by atoms with Crippen LogP contribution in [0.2, 0.25) is 5.02 Å². The van der Waals surface area contributed by atoms with E-state index in [2.05, 4.69) is 10.4 Å². The molecule has 0 aromatic heterocycles. The second kappa shape index (κ2) is 6.52. The monoisotopic (exact) mass is 369 g/mol. The first-order chi connectivity index (χ1) is 11.4. The highest BCUT2D eigenvalue weighted by Crippen LogP contribution is 2.24. The van der Waals surface area contributed by atoms with Gasteiger partial charge in [-0.05, 0) is 18.6 Å². The minimum Gasteiger partial charge on any atom is -0.320 e. The van der Waals surface area contributed by atoms with Gasteiger partial charge in [0.15, 0.2) is 9.84 Å². The van der Waals surface area contributed by atoms with Crippen LogP contribution in [-0.2, 0) is 19.4 Å². The first-order valence-corrected chi connectivity index (χ1v) is 9.71. The van der Waals surface area contributed by atoms with E-state index in [1.807, 2.05) is 0 Å². The van der Waals surface area contributed by atoms with E-state index in [0.717, 1.165) is 5.01 Å². The Balaban J connectivity index is 1.78. The highest BCUT2D eigenvalue weighted by atomic mass is 35.5. The van der Waals surface area contributed by atoms with E-state index in [9.17, 15) is 18.0 Å². The second-order valence-electron chi connectivity index (χ2n) is 5.78. The summed E-state index contributed by atoms with van der Waals surface area (Å²) in [6, 6.07) is 6.31. The van der Waals surface area contributed by atoms with Gasteiger partial charge in [0.1, 0.15) is 5.71 Å². The molecule has 9 heteroatoms. The van der Waals surface area contributed by atoms with Crippen LogP contribution in [0.1, 0.15) is 19.3 Å². The summed E-state index contributed by atoms with van der Waals surface area (Å²) < 4.78 is 23.2. The normalized spacial score (nSPS) is 23.0. The van der Waals surface area contributed by atoms with Crippen LogP contribution in [0.25, 0.3) is 0 Å². The number of rotatable bonds is 3. The summed E-state index contributed by atoms with van der Waals surface area (Å²) in [6.07, 6.45) is 0.688. The van der Waals surface area contributed by atoms with Gasteiger partial charge in [0.2, 0.25) is 5.91 Å². The number of carbonyl (C=O) groups excluding carboxylic acids is 2. The molecule has 1 fully saturated rings. The number of sulfone groups is 1. The maximum atomic E-state index is 12.4. The molecule has 128 valence electrons. The zero-order valence-corrected chi connectivity index (χ0v) is 14.3. The third-order valence-corrected chi connectivity index (χ3v) is 6.08. The molecule has 0 bridgehead atoms. The molecule has 2 aliphatic heterocycles. The molecule has 0 aliphatic carbocycles. The van der Waals surface area contributed by atoms with Crippen molar-refractivity contribution in [1.29, 1.82) is 0 Å². The Kier molecular flexibility index (Phi) is 4.60. The van der Waals surface area contributed by atoms with Crippen molar-refractivity contribution in [3.05, 3.63) is 29.3 Å². The number of hydrogen-bond acceptors (Lipinski definition) is 5. The van der Waals surface area contributed by atoms with Gasteiger partial charge in [-0.25, -0.2) is 13.4 Å². The number of benzene rings is 1. The van der Waals surface area contributed by atoms with Crippen LogP contribution in [-0.4, -0.2) is 48.5 Å². The molecule has 1 unspecified atom stereocenters. The fourth-order valence-electron chi connectivity index (χ4n) is 2.75. The molecule has 1 aromatic rings. The second-order valence-corrected chi connectivity index (χ2v) is 8.41. The van der Waals surface area contributed by atoms with Gasteiger partial charge in [-0.3, -0.25) is 9.59 Å². The number of para-hydroxylation sites is 1. The van der Waals surface area contributed by atoms with Crippen LogP contribution in [0, 0.1) is 0 Å². The quantitative estimate of drug-likeness (QED) is 0.872. The fourth-order valence-corrected chi connectivity index (χ4v) is 4.62. The summed E-state index contributed by atoms with van der Waals surface area (Å²) >= 11 is 6.01. The summed E-state index contributed by atoms with van der Waals surface area (Å²) in [5, 5.41) is 8.34. The first-order valence-electron chi connectivity index (χ1n) is 7.51. The van der Waals surface area contributed by atoms with Crippen molar-refractivity contribution in [2.75, 3.05) is 16.8 Å². The van der Waals surface area contributed by atoms with E-state index in [1.165, 1.54) is 0 Å². The number of carbonyl (C=O) groups is 2. The molecule has 1 N–H and O–H groups in total. The summed E-state index contributed by atoms with van der Waals surface area (Å²) in [6.45, 7) is 0. The van der Waals surface area contributed by atoms with E-state index in [0.29, 0.717) is 17.1 Å². The Morgan fingerprint density at radius 3 is 2.71 bits per heavy atom. The molecule has 1 aromatic carbocycles. The molecular weight excluding hydrogens is 354 g/mol. The number of halogens is 1. The zero-order valence-electron chi connectivity index (χ0n) is 12.7. The molecule has 1 atom stereocenters. The zero-order chi connectivity index (χ0) is 17.3. The van der Waals surface area contributed by atoms with Gasteiger partial charge < -0.3 is 5.32 Å². The van der Waals surface area contributed by atoms with Gasteiger partial charge >= 0.3 is 0 Å². The molecule has 2 aliphatic rings. The summed E-state index contributed by atoms with van der Waals surface area (Å²) in [5.74, 6) is -0.771. The van der Waals surface area contributed by atoms with Crippen LogP contribution in [0.15, 0.2) is 29.4 Å². The molecule has 1 saturated heterocycles. The number of anilines is 1. The average molecular weight is 370 g/mol. The van der Waals surface area contributed by atoms with Crippen molar-refractivity contribution in [2.24, 2.45) is 5.10 Å². The lowest BCUT2D eigenvalue weighted by atomic mass is 10.1. The van der Waals surface area contributed by atoms with Gasteiger partial charge in [0.05, 0.1) is 28.3 Å². The molecule has 0 saturated carbocycles. The van der Waals surface area contributed by atoms with E-state index >= 15 is 0 Å². The summed E-state index contributed by atoms with van der Waals surface area (Å²) in [7, 11) is -3.14. The van der Waals surface area contributed by atoms with Gasteiger partial charge in [-0.2, -0.15) is 5.10 Å². The molecule has 24 heavy (non-hydrogen) atoms. The van der Waals surface area contributed by atoms with Crippen molar-refractivity contribution in [1.82, 2.24) is 5.01 Å². The fraction of sp³-hybridized carbons (Fsp3) is 0.400. The van der Waals surface area contributed by atoms with Gasteiger partial charge in [0.25, 0.3) is 5.91 Å². The topological polar surface area (TPSA) is 95.9 Å². The maximum Gasteiger partial charge on any atom is 0.271 e. The third kappa shape index (κ3) is 3.59. The molecule has 7 nitrogen and oxygen atoms in total. The summed E-state index contributed by atoms with van der Waals surface area (Å²) in [5.41, 5.74) is 0.651. The Bertz CT molecular complexity index is 822. The van der Waals surface area contributed by atoms with Crippen molar-refractivity contribution < 1.29 is 18.0 Å². The number of nitrogens with zero attached hydrogens (tertiary/aromatic N) is 2. The number of amides is 2. The van der Waals surface area contributed by atoms with E-state index in [4.69, 9.17) is 11.6 Å². The van der Waals surface area contributed by atoms with Crippen LogP contribution in [0.3, 0.4) is 0 Å². The van der Waals surface area contributed by atoms with Crippen LogP contribution in [0.5, 0.6) is 0 Å². The van der Waals surface area contributed by atoms with Crippen molar-refractivity contribution in [2.45, 2.75) is 25.3 Å². The SMILES string of the molecule is O=C(Nc1ccccc1Cl)C1=NN(C2CCS(=O)(=O)C2)C(=O)CC1. The molecular formula is C15H16ClN3O4S. The van der Waals surface area contributed by atoms with Crippen LogP contribution < -0.4 is 5.32 Å². The van der Waals surface area contributed by atoms with E-state index in [-0.39, 0.29) is 36.0 Å². The predicted octanol–water partition coefficient (Wildman–Crippen LogP) is 1.44. The minimum atomic E-state index is -3.14. The van der Waals surface area contributed by atoms with Crippen molar-refractivity contribution in [3.8, 4) is 0 Å². The predicted molar refractivity (Wildman–Crippen MR) is 90.7 cm³/mol. The third-order valence-electron chi connectivity index (χ3n) is 4.00. The minimum absolute atomic E-state index is 0.0398. The standard InChI is InChI=1S/C15H16ClN3O4S/c16-11-3-1-2-4-12(11)17-15(21)13-5-6-14(20)19(18-13)10-7-8-24(22,23)9-10/h1-4,10H,5-9H2,(H,17,21). The van der Waals surface area contributed by atoms with Crippen molar-refractivity contribution in [3.63, 3.8) is 0 Å². The Morgan fingerprint density at radius 1 is 1.29 bits per heavy atom. The van der Waals surface area contributed by atoms with Gasteiger partial charge in [-0.15, -0.1) is 0 Å². The molecule has 0 spiro atoms. The van der Waals surface area contributed by atoms with Crippen molar-refractivity contribution >= 4 is 44.7 Å². The van der Waals surface area contributed by atoms with E-state index < -0.39 is 21.8 Å². The van der Waals surface area contributed by atoms with Crippen LogP contribution in [0.4, 0.5) is 5.69 Å². The molecule has 0 radical (unpaired) electrons. The van der Waals surface area contributed by atoms with Gasteiger partial charge in [0, 0.05) is 12.8 Å². The lowest BCUT2D eigenvalue weighted by molar-refractivity contribution is -0.133. The number of nitrogens with one attached hydrogen (secondary N) is 1. The maximum absolute atomic E-state index is 12.4. The van der Waals surface area contributed by atoms with E-state index in [1.54, 1.807) is 24.3 Å². The Morgan fingerprint density at radius 2 is 2.04 bits per heavy atom. The molecule has 2 heterocycles. The Hall–Kier alpha value is -1.93. The number of hydrogen-bond donors (Lipinski definition) is 1. The lowest BCUT2D eigenvalue weighted by Crippen LogP contribution is -2.42. The summed E-state index contributed by atoms with van der Waals surface area (Å²) in [4.78, 5) is 24.4. The first kappa shape index (κ1) is 16.9. The molecule has 3 rings (SSSR count). The highest BCUT2D eigenvalue weighted by molar-refractivity contribution is 7.91. The van der Waals surface area contributed by atoms with Gasteiger partial charge in [-0.1, -0.05) is 23.7 Å². The smallest absolute Gasteiger partial charge is 0.271 e. The number of hydrazone groups is 1. The largest absolute Gasteiger partial charge is 0.320 e. The average Bonchev–Trinajstić information content (AvgIpc) is 2.90. The van der Waals surface area contributed by atoms with Crippen LogP contribution >= 0.6 is 11.6 Å². The molecule has 2 amide bonds. The lowest BCUT2D eigenvalue weighted by Gasteiger charge is -2.27.